The summed E-state index contributed by atoms with van der Waals surface area (Å²) in [6.07, 6.45) is 5.67. The van der Waals surface area contributed by atoms with E-state index in [0.29, 0.717) is 39.2 Å². The minimum Gasteiger partial charge on any atom is -0.478 e. The van der Waals surface area contributed by atoms with Crippen LogP contribution in [-0.4, -0.2) is 81.0 Å². The van der Waals surface area contributed by atoms with Crippen LogP contribution in [0.2, 0.25) is 26.7 Å². The van der Waals surface area contributed by atoms with E-state index in [1.165, 1.54) is 4.90 Å². The van der Waals surface area contributed by atoms with Crippen LogP contribution >= 0.6 is 23.2 Å². The number of benzene rings is 2. The summed E-state index contributed by atoms with van der Waals surface area (Å²) in [5, 5.41) is 12.7. The van der Waals surface area contributed by atoms with Crippen molar-refractivity contribution in [1.82, 2.24) is 15.1 Å². The highest BCUT2D eigenvalue weighted by molar-refractivity contribution is 6.77. The molecule has 48 heavy (non-hydrogen) atoms. The molecule has 2 N–H and O–H groups in total. The number of nitrogens with zero attached hydrogens (tertiary/aromatic N) is 2. The monoisotopic (exact) mass is 719 g/mol. The van der Waals surface area contributed by atoms with Gasteiger partial charge < -0.3 is 24.6 Å². The molecule has 11 heteroatoms. The first-order valence-corrected chi connectivity index (χ1v) is 20.1. The Morgan fingerprint density at radius 2 is 1.44 bits per heavy atom. The lowest BCUT2D eigenvalue weighted by molar-refractivity contribution is -0.133. The predicted molar refractivity (Wildman–Crippen MR) is 199 cm³/mol. The average molecular weight is 721 g/mol. The third-order valence-corrected chi connectivity index (χ3v) is 17.0. The Morgan fingerprint density at radius 3 is 1.85 bits per heavy atom. The van der Waals surface area contributed by atoms with Crippen molar-refractivity contribution in [2.24, 2.45) is 5.92 Å². The fourth-order valence-corrected chi connectivity index (χ4v) is 14.0. The Hall–Kier alpha value is -2.59. The molecule has 0 bridgehead atoms. The van der Waals surface area contributed by atoms with E-state index in [9.17, 15) is 14.4 Å². The minimum absolute atomic E-state index is 0.0694. The third kappa shape index (κ3) is 9.34. The van der Waals surface area contributed by atoms with Gasteiger partial charge in [0.1, 0.15) is 0 Å². The van der Waals surface area contributed by atoms with Crippen LogP contribution in [0, 0.1) is 5.92 Å². The van der Waals surface area contributed by atoms with Crippen LogP contribution in [0.15, 0.2) is 36.4 Å². The number of amides is 3. The molecular formula is C37H55Cl2N3O5Si. The van der Waals surface area contributed by atoms with Gasteiger partial charge in [-0.05, 0) is 96.1 Å². The molecule has 8 nitrogen and oxygen atoms in total. The zero-order chi connectivity index (χ0) is 35.9. The van der Waals surface area contributed by atoms with Crippen LogP contribution < -0.4 is 5.32 Å². The van der Waals surface area contributed by atoms with E-state index >= 15 is 0 Å². The Bertz CT molecular complexity index is 1360. The first-order valence-electron chi connectivity index (χ1n) is 17.2. The molecule has 1 aliphatic carbocycles. The summed E-state index contributed by atoms with van der Waals surface area (Å²) in [5.41, 5.74) is 4.41. The molecule has 2 aromatic carbocycles. The normalized spacial score (nSPS) is 19.8. The molecule has 0 unspecified atom stereocenters. The van der Waals surface area contributed by atoms with E-state index in [1.807, 2.05) is 12.1 Å². The van der Waals surface area contributed by atoms with Crippen molar-refractivity contribution in [3.8, 4) is 11.1 Å². The topological polar surface area (TPSA) is 99.2 Å². The Kier molecular flexibility index (Phi) is 14.4. The van der Waals surface area contributed by atoms with Gasteiger partial charge in [0.15, 0.2) is 0 Å². The van der Waals surface area contributed by atoms with Crippen LogP contribution in [0.4, 0.5) is 4.79 Å². The van der Waals surface area contributed by atoms with Crippen LogP contribution in [0.1, 0.15) is 89.6 Å². The molecule has 1 heterocycles. The van der Waals surface area contributed by atoms with Crippen molar-refractivity contribution >= 4 is 49.4 Å². The fraction of sp³-hybridized carbons (Fsp3) is 0.595. The van der Waals surface area contributed by atoms with Crippen molar-refractivity contribution in [3.05, 3.63) is 57.6 Å². The van der Waals surface area contributed by atoms with Gasteiger partial charge in [0, 0.05) is 55.8 Å². The zero-order valence-corrected chi connectivity index (χ0v) is 32.6. The molecule has 0 spiro atoms. The molecule has 266 valence electrons. The van der Waals surface area contributed by atoms with Gasteiger partial charge in [-0.3, -0.25) is 4.79 Å². The summed E-state index contributed by atoms with van der Waals surface area (Å²) >= 11 is 13.4. The van der Waals surface area contributed by atoms with E-state index in [4.69, 9.17) is 32.7 Å². The maximum atomic E-state index is 13.6. The Labute approximate surface area is 298 Å². The second kappa shape index (κ2) is 17.4. The number of hydrogen-bond acceptors (Lipinski definition) is 4. The van der Waals surface area contributed by atoms with Gasteiger partial charge in [0.05, 0.1) is 5.56 Å². The second-order valence-electron chi connectivity index (χ2n) is 14.3. The van der Waals surface area contributed by atoms with Gasteiger partial charge in [0.2, 0.25) is 14.2 Å². The van der Waals surface area contributed by atoms with E-state index in [-0.39, 0.29) is 29.5 Å². The standard InChI is InChI=1S/C33H45Cl2NO4Si.C4H10N2O/c1-20(2)41(21(3)4,22(5)6)40-28-13-11-27(12-14-28)36-16-15-25(32(36)37)17-29-30(34)18-26(19-31(29)35)23-7-9-24(10-8-23)33(38)39;1-5-4(7)6(2)3/h7-10,18-22,25,27-28H,11-17H2,1-6H3,(H,38,39);1-3H3,(H,5,7)/t25-,27-,28-;/m0./s1. The van der Waals surface area contributed by atoms with Gasteiger partial charge in [-0.25, -0.2) is 9.59 Å². The van der Waals surface area contributed by atoms with E-state index in [0.717, 1.165) is 55.3 Å². The number of carbonyl (C=O) groups is 3. The van der Waals surface area contributed by atoms with Gasteiger partial charge in [-0.1, -0.05) is 76.9 Å². The number of nitrogens with one attached hydrogen (secondary N) is 1. The summed E-state index contributed by atoms with van der Waals surface area (Å²) < 4.78 is 7.07. The molecule has 4 rings (SSSR count). The molecule has 2 aromatic rings. The van der Waals surface area contributed by atoms with Crippen molar-refractivity contribution in [2.45, 2.75) is 109 Å². The van der Waals surface area contributed by atoms with Gasteiger partial charge >= 0.3 is 12.0 Å². The Balaban J connectivity index is 0.000000804. The van der Waals surface area contributed by atoms with Crippen LogP contribution in [-0.2, 0) is 15.6 Å². The maximum Gasteiger partial charge on any atom is 0.335 e. The maximum absolute atomic E-state index is 13.6. The van der Waals surface area contributed by atoms with Crippen LogP contribution in [0.3, 0.4) is 0 Å². The fourth-order valence-electron chi connectivity index (χ4n) is 7.73. The summed E-state index contributed by atoms with van der Waals surface area (Å²) in [6.45, 7) is 14.8. The average Bonchev–Trinajstić information content (AvgIpc) is 3.40. The highest BCUT2D eigenvalue weighted by Crippen LogP contribution is 2.45. The van der Waals surface area contributed by atoms with E-state index < -0.39 is 14.3 Å². The summed E-state index contributed by atoms with van der Waals surface area (Å²) in [4.78, 5) is 38.6. The molecule has 1 saturated heterocycles. The second-order valence-corrected chi connectivity index (χ2v) is 20.6. The quantitative estimate of drug-likeness (QED) is 0.239. The molecule has 2 aliphatic rings. The first kappa shape index (κ1) is 39.8. The lowest BCUT2D eigenvalue weighted by Crippen LogP contribution is -2.51. The molecule has 1 aliphatic heterocycles. The smallest absolute Gasteiger partial charge is 0.335 e. The van der Waals surface area contributed by atoms with Crippen molar-refractivity contribution in [1.29, 1.82) is 0 Å². The number of carbonyl (C=O) groups excluding carboxylic acids is 2. The lowest BCUT2D eigenvalue weighted by atomic mass is 9.92. The molecule has 0 aromatic heterocycles. The zero-order valence-electron chi connectivity index (χ0n) is 30.1. The van der Waals surface area contributed by atoms with E-state index in [1.54, 1.807) is 45.4 Å². The number of halogens is 2. The first-order chi connectivity index (χ1) is 22.5. The van der Waals surface area contributed by atoms with Crippen molar-refractivity contribution in [3.63, 3.8) is 0 Å². The molecular weight excluding hydrogens is 665 g/mol. The molecule has 3 amide bonds. The highest BCUT2D eigenvalue weighted by atomic mass is 35.5. The number of carboxylic acid groups (broad SMARTS) is 1. The number of likely N-dealkylation sites (tertiary alicyclic amines) is 1. The lowest BCUT2D eigenvalue weighted by Gasteiger charge is -2.46. The summed E-state index contributed by atoms with van der Waals surface area (Å²) in [5.74, 6) is -0.876. The minimum atomic E-state index is -1.91. The van der Waals surface area contributed by atoms with Gasteiger partial charge in [-0.15, -0.1) is 0 Å². The molecule has 0 radical (unpaired) electrons. The SMILES string of the molecule is CC(C)[Si](O[C@H]1CC[C@H](N2CC[C@@H](Cc3c(Cl)cc(-c4ccc(C(=O)O)cc4)cc3Cl)C2=O)CC1)(C(C)C)C(C)C.CNC(=O)N(C)C. The number of hydrogen-bond donors (Lipinski definition) is 2. The van der Waals surface area contributed by atoms with Gasteiger partial charge in [-0.2, -0.15) is 0 Å². The number of rotatable bonds is 10. The molecule has 2 fully saturated rings. The summed E-state index contributed by atoms with van der Waals surface area (Å²) in [6, 6.07) is 10.5. The van der Waals surface area contributed by atoms with Gasteiger partial charge in [0.25, 0.3) is 0 Å². The number of urea groups is 1. The number of aromatic carboxylic acids is 1. The van der Waals surface area contributed by atoms with Crippen molar-refractivity contribution < 1.29 is 23.9 Å². The van der Waals surface area contributed by atoms with E-state index in [2.05, 4.69) is 51.8 Å². The number of carboxylic acids is 1. The third-order valence-electron chi connectivity index (χ3n) is 10.2. The van der Waals surface area contributed by atoms with Crippen molar-refractivity contribution in [2.75, 3.05) is 27.7 Å². The predicted octanol–water partition coefficient (Wildman–Crippen LogP) is 9.14. The summed E-state index contributed by atoms with van der Waals surface area (Å²) in [7, 11) is 3.08. The van der Waals surface area contributed by atoms with Crippen LogP contribution in [0.25, 0.3) is 11.1 Å². The Morgan fingerprint density at radius 1 is 0.917 bits per heavy atom. The largest absolute Gasteiger partial charge is 0.478 e. The molecule has 1 atom stereocenters. The molecule has 1 saturated carbocycles. The highest BCUT2D eigenvalue weighted by Gasteiger charge is 2.47. The van der Waals surface area contributed by atoms with Crippen LogP contribution in [0.5, 0.6) is 0 Å².